The van der Waals surface area contributed by atoms with E-state index in [2.05, 4.69) is 65.6 Å². The SMILES string of the molecule is CCCn1ccc(CNCCc2ccccc2)c1. The van der Waals surface area contributed by atoms with Crippen LogP contribution in [0.3, 0.4) is 0 Å². The van der Waals surface area contributed by atoms with Gasteiger partial charge in [-0.1, -0.05) is 37.3 Å². The molecule has 0 saturated carbocycles. The Morgan fingerprint density at radius 3 is 2.67 bits per heavy atom. The van der Waals surface area contributed by atoms with Crippen LogP contribution in [0.2, 0.25) is 0 Å². The summed E-state index contributed by atoms with van der Waals surface area (Å²) < 4.78 is 2.26. The van der Waals surface area contributed by atoms with Crippen LogP contribution >= 0.6 is 0 Å². The summed E-state index contributed by atoms with van der Waals surface area (Å²) in [5.41, 5.74) is 2.77. The third-order valence-electron chi connectivity index (χ3n) is 3.06. The molecule has 0 fully saturated rings. The van der Waals surface area contributed by atoms with E-state index in [4.69, 9.17) is 0 Å². The van der Waals surface area contributed by atoms with E-state index in [0.29, 0.717) is 0 Å². The average molecular weight is 242 g/mol. The van der Waals surface area contributed by atoms with E-state index in [1.807, 2.05) is 0 Å². The molecule has 0 aliphatic rings. The molecule has 0 aliphatic heterocycles. The molecule has 1 aromatic carbocycles. The fraction of sp³-hybridized carbons (Fsp3) is 0.375. The van der Waals surface area contributed by atoms with Crippen molar-refractivity contribution in [1.29, 1.82) is 0 Å². The van der Waals surface area contributed by atoms with E-state index in [9.17, 15) is 0 Å². The Kier molecular flexibility index (Phi) is 5.03. The highest BCUT2D eigenvalue weighted by atomic mass is 14.9. The average Bonchev–Trinajstić information content (AvgIpc) is 2.84. The summed E-state index contributed by atoms with van der Waals surface area (Å²) in [5, 5.41) is 3.49. The van der Waals surface area contributed by atoms with E-state index in [1.54, 1.807) is 0 Å². The minimum atomic E-state index is 0.962. The number of nitrogens with one attached hydrogen (secondary N) is 1. The zero-order valence-electron chi connectivity index (χ0n) is 11.1. The lowest BCUT2D eigenvalue weighted by Crippen LogP contribution is -2.16. The second-order valence-corrected chi connectivity index (χ2v) is 4.67. The minimum Gasteiger partial charge on any atom is -0.354 e. The molecular formula is C16H22N2. The van der Waals surface area contributed by atoms with Gasteiger partial charge in [-0.2, -0.15) is 0 Å². The fourth-order valence-electron chi connectivity index (χ4n) is 2.10. The minimum absolute atomic E-state index is 0.962. The van der Waals surface area contributed by atoms with Crippen LogP contribution in [0.5, 0.6) is 0 Å². The second-order valence-electron chi connectivity index (χ2n) is 4.67. The van der Waals surface area contributed by atoms with E-state index in [0.717, 1.165) is 26.1 Å². The van der Waals surface area contributed by atoms with Crippen molar-refractivity contribution in [3.05, 3.63) is 59.9 Å². The lowest BCUT2D eigenvalue weighted by atomic mass is 10.1. The first kappa shape index (κ1) is 12.9. The molecule has 1 heterocycles. The molecule has 96 valence electrons. The van der Waals surface area contributed by atoms with Crippen molar-refractivity contribution < 1.29 is 0 Å². The van der Waals surface area contributed by atoms with Crippen molar-refractivity contribution >= 4 is 0 Å². The van der Waals surface area contributed by atoms with Gasteiger partial charge in [0.05, 0.1) is 0 Å². The van der Waals surface area contributed by atoms with Gasteiger partial charge >= 0.3 is 0 Å². The van der Waals surface area contributed by atoms with E-state index in [-0.39, 0.29) is 0 Å². The van der Waals surface area contributed by atoms with Gasteiger partial charge in [0.25, 0.3) is 0 Å². The predicted octanol–water partition coefficient (Wildman–Crippen LogP) is 3.23. The van der Waals surface area contributed by atoms with Crippen LogP contribution in [0, 0.1) is 0 Å². The molecule has 0 amide bonds. The molecule has 2 heteroatoms. The van der Waals surface area contributed by atoms with Crippen molar-refractivity contribution in [2.75, 3.05) is 6.54 Å². The molecule has 0 unspecified atom stereocenters. The lowest BCUT2D eigenvalue weighted by Gasteiger charge is -2.03. The molecule has 0 atom stereocenters. The van der Waals surface area contributed by atoms with Crippen LogP contribution < -0.4 is 5.32 Å². The smallest absolute Gasteiger partial charge is 0.0220 e. The Balaban J connectivity index is 1.68. The zero-order valence-corrected chi connectivity index (χ0v) is 11.1. The monoisotopic (exact) mass is 242 g/mol. The number of aryl methyl sites for hydroxylation is 1. The highest BCUT2D eigenvalue weighted by Crippen LogP contribution is 2.02. The number of hydrogen-bond donors (Lipinski definition) is 1. The van der Waals surface area contributed by atoms with Gasteiger partial charge in [0, 0.05) is 25.5 Å². The van der Waals surface area contributed by atoms with Crippen molar-refractivity contribution in [2.45, 2.75) is 32.9 Å². The Morgan fingerprint density at radius 2 is 1.89 bits per heavy atom. The predicted molar refractivity (Wildman–Crippen MR) is 76.6 cm³/mol. The molecule has 2 nitrogen and oxygen atoms in total. The van der Waals surface area contributed by atoms with Gasteiger partial charge in [-0.25, -0.2) is 0 Å². The van der Waals surface area contributed by atoms with Crippen LogP contribution in [-0.4, -0.2) is 11.1 Å². The number of nitrogens with zero attached hydrogens (tertiary/aromatic N) is 1. The van der Waals surface area contributed by atoms with Crippen LogP contribution in [0.15, 0.2) is 48.8 Å². The van der Waals surface area contributed by atoms with Crippen molar-refractivity contribution in [3.63, 3.8) is 0 Å². The van der Waals surface area contributed by atoms with Gasteiger partial charge in [-0.05, 0) is 36.6 Å². The van der Waals surface area contributed by atoms with Crippen LogP contribution in [0.4, 0.5) is 0 Å². The molecule has 0 spiro atoms. The molecule has 1 N–H and O–H groups in total. The highest BCUT2D eigenvalue weighted by Gasteiger charge is 1.96. The van der Waals surface area contributed by atoms with Crippen molar-refractivity contribution in [1.82, 2.24) is 9.88 Å². The fourth-order valence-corrected chi connectivity index (χ4v) is 2.10. The molecule has 0 bridgehead atoms. The van der Waals surface area contributed by atoms with Crippen LogP contribution in [-0.2, 0) is 19.5 Å². The maximum absolute atomic E-state index is 3.49. The standard InChI is InChI=1S/C16H22N2/c1-2-11-18-12-9-16(14-18)13-17-10-8-15-6-4-3-5-7-15/h3-7,9,12,14,17H,2,8,10-11,13H2,1H3. The maximum atomic E-state index is 3.49. The molecule has 0 saturated heterocycles. The number of hydrogen-bond acceptors (Lipinski definition) is 1. The molecule has 2 aromatic rings. The first-order valence-electron chi connectivity index (χ1n) is 6.78. The summed E-state index contributed by atoms with van der Waals surface area (Å²) in [6.45, 7) is 5.31. The Labute approximate surface area is 110 Å². The third-order valence-corrected chi connectivity index (χ3v) is 3.06. The summed E-state index contributed by atoms with van der Waals surface area (Å²) >= 11 is 0. The molecule has 18 heavy (non-hydrogen) atoms. The summed E-state index contributed by atoms with van der Waals surface area (Å²) in [5.74, 6) is 0. The van der Waals surface area contributed by atoms with Gasteiger partial charge in [0.2, 0.25) is 0 Å². The number of rotatable bonds is 7. The molecule has 2 rings (SSSR count). The maximum Gasteiger partial charge on any atom is 0.0220 e. The number of aromatic nitrogens is 1. The third kappa shape index (κ3) is 4.04. The molecule has 0 radical (unpaired) electrons. The lowest BCUT2D eigenvalue weighted by molar-refractivity contribution is 0.666. The van der Waals surface area contributed by atoms with Gasteiger partial charge in [0.15, 0.2) is 0 Å². The van der Waals surface area contributed by atoms with Crippen molar-refractivity contribution in [3.8, 4) is 0 Å². The van der Waals surface area contributed by atoms with Gasteiger partial charge < -0.3 is 9.88 Å². The van der Waals surface area contributed by atoms with Gasteiger partial charge in [-0.15, -0.1) is 0 Å². The summed E-state index contributed by atoms with van der Waals surface area (Å²) in [6, 6.07) is 12.8. The quantitative estimate of drug-likeness (QED) is 0.738. The largest absolute Gasteiger partial charge is 0.354 e. The first-order chi connectivity index (χ1) is 8.88. The zero-order chi connectivity index (χ0) is 12.6. The highest BCUT2D eigenvalue weighted by molar-refractivity contribution is 5.15. The summed E-state index contributed by atoms with van der Waals surface area (Å²) in [7, 11) is 0. The first-order valence-corrected chi connectivity index (χ1v) is 6.78. The summed E-state index contributed by atoms with van der Waals surface area (Å²) in [4.78, 5) is 0. The van der Waals surface area contributed by atoms with E-state index < -0.39 is 0 Å². The van der Waals surface area contributed by atoms with Crippen LogP contribution in [0.1, 0.15) is 24.5 Å². The van der Waals surface area contributed by atoms with Crippen LogP contribution in [0.25, 0.3) is 0 Å². The Hall–Kier alpha value is -1.54. The molecule has 1 aromatic heterocycles. The summed E-state index contributed by atoms with van der Waals surface area (Å²) in [6.07, 6.45) is 6.68. The second kappa shape index (κ2) is 7.02. The molecule has 0 aliphatic carbocycles. The molecular weight excluding hydrogens is 220 g/mol. The van der Waals surface area contributed by atoms with Gasteiger partial charge in [-0.3, -0.25) is 0 Å². The van der Waals surface area contributed by atoms with E-state index in [1.165, 1.54) is 17.5 Å². The Morgan fingerprint density at radius 1 is 1.06 bits per heavy atom. The number of benzene rings is 1. The van der Waals surface area contributed by atoms with Crippen molar-refractivity contribution in [2.24, 2.45) is 0 Å². The Bertz CT molecular complexity index is 445. The topological polar surface area (TPSA) is 17.0 Å². The normalized spacial score (nSPS) is 10.7. The van der Waals surface area contributed by atoms with Gasteiger partial charge in [0.1, 0.15) is 0 Å². The van der Waals surface area contributed by atoms with E-state index >= 15 is 0 Å².